The molecule has 36 heavy (non-hydrogen) atoms. The number of nitrogens with zero attached hydrogens (tertiary/aromatic N) is 1. The number of amides is 2. The molecule has 5 N–H and O–H groups in total. The van der Waals surface area contributed by atoms with Gasteiger partial charge in [0.05, 0.1) is 30.8 Å². The molecule has 0 spiro atoms. The van der Waals surface area contributed by atoms with E-state index in [4.69, 9.17) is 4.74 Å². The summed E-state index contributed by atoms with van der Waals surface area (Å²) in [7, 11) is 0. The first-order valence-corrected chi connectivity index (χ1v) is 12.0. The van der Waals surface area contributed by atoms with Crippen LogP contribution in [0.2, 0.25) is 0 Å². The Hall–Kier alpha value is -2.74. The minimum Gasteiger partial charge on any atom is -0.466 e. The van der Waals surface area contributed by atoms with Crippen LogP contribution in [0.4, 0.5) is 18.9 Å². The lowest BCUT2D eigenvalue weighted by atomic mass is 10.1. The second-order valence-electron chi connectivity index (χ2n) is 8.14. The number of nitrogens with one attached hydrogen (secondary N) is 5. The van der Waals surface area contributed by atoms with E-state index in [1.54, 1.807) is 6.92 Å². The molecule has 1 heterocycles. The molecule has 2 rings (SSSR count). The lowest BCUT2D eigenvalue weighted by molar-refractivity contribution is -0.143. The molecule has 0 aliphatic carbocycles. The number of halogens is 3. The van der Waals surface area contributed by atoms with Crippen molar-refractivity contribution < 1.29 is 32.3 Å². The lowest BCUT2D eigenvalue weighted by Crippen LogP contribution is -2.44. The van der Waals surface area contributed by atoms with Crippen LogP contribution < -0.4 is 26.6 Å². The number of carbonyl (C=O) groups is 3. The average molecular weight is 517 g/mol. The Balaban J connectivity index is 2.01. The fourth-order valence-corrected chi connectivity index (χ4v) is 3.51. The third-order valence-corrected chi connectivity index (χ3v) is 5.32. The van der Waals surface area contributed by atoms with Crippen molar-refractivity contribution in [3.8, 4) is 0 Å². The van der Waals surface area contributed by atoms with Gasteiger partial charge in [0.1, 0.15) is 0 Å². The van der Waals surface area contributed by atoms with Gasteiger partial charge in [-0.3, -0.25) is 19.3 Å². The van der Waals surface area contributed by atoms with Crippen molar-refractivity contribution in [2.45, 2.75) is 19.5 Å². The van der Waals surface area contributed by atoms with Crippen molar-refractivity contribution in [2.75, 3.05) is 77.4 Å². The summed E-state index contributed by atoms with van der Waals surface area (Å²) >= 11 is 0. The van der Waals surface area contributed by atoms with Gasteiger partial charge < -0.3 is 31.3 Å². The van der Waals surface area contributed by atoms with Crippen LogP contribution >= 0.6 is 0 Å². The van der Waals surface area contributed by atoms with Gasteiger partial charge in [0.15, 0.2) is 0 Å². The molecule has 10 nitrogen and oxygen atoms in total. The van der Waals surface area contributed by atoms with Crippen LogP contribution in [0.1, 0.15) is 29.3 Å². The normalized spacial score (nSPS) is 16.3. The van der Waals surface area contributed by atoms with E-state index < -0.39 is 35.2 Å². The Kier molecular flexibility index (Phi) is 12.6. The zero-order valence-corrected chi connectivity index (χ0v) is 20.4. The number of anilines is 1. The fraction of sp³-hybridized carbons (Fsp3) is 0.609. The van der Waals surface area contributed by atoms with Crippen LogP contribution in [0, 0.1) is 0 Å². The highest BCUT2D eigenvalue weighted by atomic mass is 19.4. The molecular formula is C23H35F3N6O4. The number of esters is 1. The SMILES string of the molecule is CCOC(=O)CCNC(=O)c1ccc(NC(=O)CN2CCNCCNCCNCC2)c(C(F)(F)F)c1. The molecule has 1 aliphatic heterocycles. The van der Waals surface area contributed by atoms with Gasteiger partial charge in [-0.1, -0.05) is 0 Å². The predicted octanol–water partition coefficient (Wildman–Crippen LogP) is 0.411. The molecule has 13 heteroatoms. The maximum absolute atomic E-state index is 13.7. The van der Waals surface area contributed by atoms with Gasteiger partial charge >= 0.3 is 12.1 Å². The zero-order chi connectivity index (χ0) is 26.4. The molecule has 202 valence electrons. The first kappa shape index (κ1) is 29.5. The van der Waals surface area contributed by atoms with Gasteiger partial charge in [-0.2, -0.15) is 13.2 Å². The summed E-state index contributed by atoms with van der Waals surface area (Å²) in [6.45, 7) is 7.28. The fourth-order valence-electron chi connectivity index (χ4n) is 3.51. The van der Waals surface area contributed by atoms with Gasteiger partial charge in [-0.15, -0.1) is 0 Å². The molecule has 0 radical (unpaired) electrons. The largest absolute Gasteiger partial charge is 0.466 e. The molecule has 1 saturated heterocycles. The highest BCUT2D eigenvalue weighted by Gasteiger charge is 2.35. The Labute approximate surface area is 208 Å². The number of alkyl halides is 3. The van der Waals surface area contributed by atoms with Crippen LogP contribution in [0.5, 0.6) is 0 Å². The lowest BCUT2D eigenvalue weighted by Gasteiger charge is -2.23. The van der Waals surface area contributed by atoms with Gasteiger partial charge in [0, 0.05) is 64.5 Å². The first-order valence-electron chi connectivity index (χ1n) is 12.0. The number of rotatable bonds is 8. The summed E-state index contributed by atoms with van der Waals surface area (Å²) in [5.41, 5.74) is -1.79. The maximum Gasteiger partial charge on any atom is 0.418 e. The monoisotopic (exact) mass is 516 g/mol. The van der Waals surface area contributed by atoms with E-state index in [-0.39, 0.29) is 31.7 Å². The number of hydrogen-bond donors (Lipinski definition) is 5. The Morgan fingerprint density at radius 3 is 2.19 bits per heavy atom. The number of ether oxygens (including phenoxy) is 1. The van der Waals surface area contributed by atoms with Gasteiger partial charge in [-0.05, 0) is 25.1 Å². The van der Waals surface area contributed by atoms with Crippen molar-refractivity contribution in [2.24, 2.45) is 0 Å². The van der Waals surface area contributed by atoms with E-state index in [0.29, 0.717) is 32.2 Å². The number of hydrogen-bond acceptors (Lipinski definition) is 8. The molecule has 0 bridgehead atoms. The molecule has 2 amide bonds. The van der Waals surface area contributed by atoms with E-state index in [0.717, 1.165) is 32.2 Å². The Bertz CT molecular complexity index is 857. The second kappa shape index (κ2) is 15.4. The van der Waals surface area contributed by atoms with Crippen molar-refractivity contribution in [1.29, 1.82) is 0 Å². The maximum atomic E-state index is 13.7. The molecule has 0 atom stereocenters. The highest BCUT2D eigenvalue weighted by Crippen LogP contribution is 2.35. The summed E-state index contributed by atoms with van der Waals surface area (Å²) in [5, 5.41) is 14.5. The topological polar surface area (TPSA) is 124 Å². The van der Waals surface area contributed by atoms with E-state index in [1.165, 1.54) is 6.07 Å². The molecule has 0 unspecified atom stereocenters. The van der Waals surface area contributed by atoms with Crippen LogP contribution in [0.25, 0.3) is 0 Å². The van der Waals surface area contributed by atoms with Gasteiger partial charge in [0.2, 0.25) is 5.91 Å². The number of benzene rings is 1. The second-order valence-corrected chi connectivity index (χ2v) is 8.14. The quantitative estimate of drug-likeness (QED) is 0.315. The molecule has 1 aromatic rings. The van der Waals surface area contributed by atoms with Crippen molar-refractivity contribution in [1.82, 2.24) is 26.2 Å². The molecule has 1 aliphatic rings. The average Bonchev–Trinajstić information content (AvgIpc) is 2.80. The van der Waals surface area contributed by atoms with E-state index in [2.05, 4.69) is 26.6 Å². The van der Waals surface area contributed by atoms with Crippen LogP contribution in [0.15, 0.2) is 18.2 Å². The first-order chi connectivity index (χ1) is 17.2. The van der Waals surface area contributed by atoms with Crippen molar-refractivity contribution in [3.63, 3.8) is 0 Å². The standard InChI is InChI=1S/C23H35F3N6O4/c1-2-36-21(34)5-6-30-22(35)17-3-4-19(18(15-17)23(24,25)26)31-20(33)16-32-13-11-28-9-7-27-8-10-29-12-14-32/h3-4,15,27-29H,2,5-14,16H2,1H3,(H,30,35)(H,31,33). The Morgan fingerprint density at radius 1 is 1.00 bits per heavy atom. The minimum absolute atomic E-state index is 0.0744. The van der Waals surface area contributed by atoms with Crippen molar-refractivity contribution in [3.05, 3.63) is 29.3 Å². The van der Waals surface area contributed by atoms with E-state index in [9.17, 15) is 27.6 Å². The Morgan fingerprint density at radius 2 is 1.61 bits per heavy atom. The molecule has 1 fully saturated rings. The van der Waals surface area contributed by atoms with Gasteiger partial charge in [0.25, 0.3) is 5.91 Å². The smallest absolute Gasteiger partial charge is 0.418 e. The summed E-state index contributed by atoms with van der Waals surface area (Å²) in [6, 6.07) is 2.95. The van der Waals surface area contributed by atoms with E-state index >= 15 is 0 Å². The van der Waals surface area contributed by atoms with E-state index in [1.807, 2.05) is 4.90 Å². The third kappa shape index (κ3) is 10.9. The van der Waals surface area contributed by atoms with Crippen LogP contribution in [-0.4, -0.2) is 94.7 Å². The van der Waals surface area contributed by atoms with Crippen molar-refractivity contribution >= 4 is 23.5 Å². The number of carbonyl (C=O) groups excluding carboxylic acids is 3. The zero-order valence-electron chi connectivity index (χ0n) is 20.4. The summed E-state index contributed by atoms with van der Waals surface area (Å²) in [5.74, 6) is -1.87. The van der Waals surface area contributed by atoms with Gasteiger partial charge in [-0.25, -0.2) is 0 Å². The minimum atomic E-state index is -4.79. The summed E-state index contributed by atoms with van der Waals surface area (Å²) < 4.78 is 45.9. The highest BCUT2D eigenvalue weighted by molar-refractivity contribution is 5.97. The molecule has 0 aromatic heterocycles. The molecule has 0 saturated carbocycles. The summed E-state index contributed by atoms with van der Waals surface area (Å²) in [4.78, 5) is 38.1. The summed E-state index contributed by atoms with van der Waals surface area (Å²) in [6.07, 6.45) is -4.89. The van der Waals surface area contributed by atoms with Crippen LogP contribution in [0.3, 0.4) is 0 Å². The molecular weight excluding hydrogens is 481 g/mol. The molecule has 1 aromatic carbocycles. The van der Waals surface area contributed by atoms with Crippen LogP contribution in [-0.2, 0) is 20.5 Å². The predicted molar refractivity (Wildman–Crippen MR) is 129 cm³/mol. The third-order valence-electron chi connectivity index (χ3n) is 5.32.